The number of aromatic amines is 1. The first-order valence-corrected chi connectivity index (χ1v) is 12.1. The average molecular weight is 501 g/mol. The Morgan fingerprint density at radius 2 is 1.92 bits per heavy atom. The summed E-state index contributed by atoms with van der Waals surface area (Å²) in [5.41, 5.74) is 2.15. The van der Waals surface area contributed by atoms with Gasteiger partial charge in [-0.05, 0) is 47.2 Å². The number of carbonyl (C=O) groups is 1. The third-order valence-corrected chi connectivity index (χ3v) is 6.40. The van der Waals surface area contributed by atoms with E-state index in [9.17, 15) is 18.5 Å². The number of anilines is 2. The Morgan fingerprint density at radius 3 is 2.67 bits per heavy atom. The summed E-state index contributed by atoms with van der Waals surface area (Å²) in [6.45, 7) is 0. The summed E-state index contributed by atoms with van der Waals surface area (Å²) < 4.78 is 33.0. The van der Waals surface area contributed by atoms with Gasteiger partial charge in [-0.2, -0.15) is 10.5 Å². The van der Waals surface area contributed by atoms with Gasteiger partial charge in [-0.15, -0.1) is 10.2 Å². The van der Waals surface area contributed by atoms with Gasteiger partial charge in [0.25, 0.3) is 5.91 Å². The molecule has 0 aliphatic heterocycles. The highest BCUT2D eigenvalue weighted by atomic mass is 32.2. The minimum Gasteiger partial charge on any atom is -0.355 e. The highest BCUT2D eigenvalue weighted by Gasteiger charge is 2.21. The topological polar surface area (TPSA) is 180 Å². The molecule has 5 aromatic rings. The third kappa shape index (κ3) is 4.74. The molecule has 0 aliphatic rings. The smallest absolute Gasteiger partial charge is 0.278 e. The van der Waals surface area contributed by atoms with E-state index in [1.165, 1.54) is 36.4 Å². The molecule has 3 aromatic carbocycles. The van der Waals surface area contributed by atoms with Crippen LogP contribution in [0.1, 0.15) is 21.6 Å². The molecule has 0 saturated carbocycles. The maximum atomic E-state index is 13.1. The standard InChI is InChI=1S/C23H16N8O4S/c24-12-15-6-8-19(17(10-15)22-26-30-31-27-22)25-23(32)21-18-11-16(7-9-20(18)35-28-21)29-36(33,34)13-14-4-2-1-3-5-14/h1-11,29H,13H2,(H,25,32)(H,26,27,30,31). The van der Waals surface area contributed by atoms with Crippen molar-refractivity contribution >= 4 is 38.3 Å². The predicted octanol–water partition coefficient (Wildman–Crippen LogP) is 3.07. The fourth-order valence-corrected chi connectivity index (χ4v) is 4.73. The molecule has 178 valence electrons. The Kier molecular flexibility index (Phi) is 5.85. The van der Waals surface area contributed by atoms with Crippen molar-refractivity contribution in [3.8, 4) is 17.5 Å². The summed E-state index contributed by atoms with van der Waals surface area (Å²) >= 11 is 0. The number of fused-ring (bicyclic) bond motifs is 1. The molecule has 36 heavy (non-hydrogen) atoms. The first-order valence-electron chi connectivity index (χ1n) is 10.4. The van der Waals surface area contributed by atoms with Crippen LogP contribution in [0.15, 0.2) is 71.3 Å². The van der Waals surface area contributed by atoms with Gasteiger partial charge in [0.05, 0.1) is 28.5 Å². The Labute approximate surface area is 204 Å². The number of hydrogen-bond acceptors (Lipinski definition) is 9. The number of nitriles is 1. The zero-order chi connectivity index (χ0) is 25.1. The largest absolute Gasteiger partial charge is 0.355 e. The number of aromatic nitrogens is 5. The molecule has 0 aliphatic carbocycles. The minimum absolute atomic E-state index is 0.0578. The molecule has 3 N–H and O–H groups in total. The molecule has 0 unspecified atom stereocenters. The van der Waals surface area contributed by atoms with Gasteiger partial charge in [-0.25, -0.2) is 8.42 Å². The lowest BCUT2D eigenvalue weighted by Crippen LogP contribution is -2.15. The SMILES string of the molecule is N#Cc1ccc(NC(=O)c2noc3ccc(NS(=O)(=O)Cc4ccccc4)cc23)c(-c2nn[nH]n2)c1. The quantitative estimate of drug-likeness (QED) is 0.303. The lowest BCUT2D eigenvalue weighted by atomic mass is 10.1. The van der Waals surface area contributed by atoms with Crippen LogP contribution in [0.4, 0.5) is 11.4 Å². The van der Waals surface area contributed by atoms with Crippen LogP contribution in [0, 0.1) is 11.3 Å². The molecule has 0 atom stereocenters. The van der Waals surface area contributed by atoms with Gasteiger partial charge < -0.3 is 9.84 Å². The molecule has 0 saturated heterocycles. The summed E-state index contributed by atoms with van der Waals surface area (Å²) in [6, 6.07) is 19.9. The molecule has 0 radical (unpaired) electrons. The van der Waals surface area contributed by atoms with Crippen LogP contribution in [-0.4, -0.2) is 40.1 Å². The maximum Gasteiger partial charge on any atom is 0.278 e. The maximum absolute atomic E-state index is 13.1. The summed E-state index contributed by atoms with van der Waals surface area (Å²) in [4.78, 5) is 13.1. The lowest BCUT2D eigenvalue weighted by molar-refractivity contribution is 0.102. The van der Waals surface area contributed by atoms with Gasteiger partial charge in [0, 0.05) is 11.3 Å². The van der Waals surface area contributed by atoms with Crippen molar-refractivity contribution in [1.82, 2.24) is 25.8 Å². The monoisotopic (exact) mass is 500 g/mol. The lowest BCUT2D eigenvalue weighted by Gasteiger charge is -2.09. The molecular weight excluding hydrogens is 484 g/mol. The zero-order valence-corrected chi connectivity index (χ0v) is 19.2. The van der Waals surface area contributed by atoms with E-state index in [0.717, 1.165) is 0 Å². The van der Waals surface area contributed by atoms with Gasteiger partial charge in [0.2, 0.25) is 15.8 Å². The number of hydrogen-bond donors (Lipinski definition) is 3. The number of H-pyrrole nitrogens is 1. The zero-order valence-electron chi connectivity index (χ0n) is 18.3. The van der Waals surface area contributed by atoms with E-state index >= 15 is 0 Å². The van der Waals surface area contributed by atoms with Gasteiger partial charge in [-0.3, -0.25) is 9.52 Å². The van der Waals surface area contributed by atoms with E-state index in [1.54, 1.807) is 30.3 Å². The number of nitrogens with zero attached hydrogens (tertiary/aromatic N) is 5. The van der Waals surface area contributed by atoms with Crippen molar-refractivity contribution in [3.05, 3.63) is 83.6 Å². The van der Waals surface area contributed by atoms with Crippen LogP contribution in [0.2, 0.25) is 0 Å². The Balaban J connectivity index is 1.42. The molecule has 13 heteroatoms. The molecule has 0 fully saturated rings. The summed E-state index contributed by atoms with van der Waals surface area (Å²) in [5.74, 6) is -0.643. The van der Waals surface area contributed by atoms with E-state index in [2.05, 4.69) is 35.8 Å². The van der Waals surface area contributed by atoms with E-state index < -0.39 is 15.9 Å². The number of amides is 1. The molecule has 5 rings (SSSR count). The van der Waals surface area contributed by atoms with Gasteiger partial charge in [-0.1, -0.05) is 35.5 Å². The van der Waals surface area contributed by atoms with Crippen molar-refractivity contribution in [2.45, 2.75) is 5.75 Å². The summed E-state index contributed by atoms with van der Waals surface area (Å²) in [6.07, 6.45) is 0. The second-order valence-corrected chi connectivity index (χ2v) is 9.37. The number of sulfonamides is 1. The predicted molar refractivity (Wildman–Crippen MR) is 129 cm³/mol. The summed E-state index contributed by atoms with van der Waals surface area (Å²) in [7, 11) is -3.71. The fourth-order valence-electron chi connectivity index (χ4n) is 3.54. The minimum atomic E-state index is -3.71. The second-order valence-electron chi connectivity index (χ2n) is 7.65. The van der Waals surface area contributed by atoms with E-state index in [-0.39, 0.29) is 23.0 Å². The first-order chi connectivity index (χ1) is 17.4. The molecule has 12 nitrogen and oxygen atoms in total. The van der Waals surface area contributed by atoms with Crippen LogP contribution in [-0.2, 0) is 15.8 Å². The number of benzene rings is 3. The number of tetrazole rings is 1. The van der Waals surface area contributed by atoms with Crippen molar-refractivity contribution in [2.24, 2.45) is 0 Å². The second kappa shape index (κ2) is 9.28. The number of rotatable bonds is 7. The Morgan fingerprint density at radius 1 is 1.08 bits per heavy atom. The van der Waals surface area contributed by atoms with Crippen molar-refractivity contribution in [2.75, 3.05) is 10.0 Å². The molecule has 2 heterocycles. The Hall–Kier alpha value is -5.09. The van der Waals surface area contributed by atoms with Gasteiger partial charge in [0.15, 0.2) is 11.3 Å². The van der Waals surface area contributed by atoms with Crippen LogP contribution in [0.5, 0.6) is 0 Å². The highest BCUT2D eigenvalue weighted by molar-refractivity contribution is 7.91. The van der Waals surface area contributed by atoms with Crippen LogP contribution >= 0.6 is 0 Å². The molecule has 2 aromatic heterocycles. The van der Waals surface area contributed by atoms with Crippen molar-refractivity contribution in [1.29, 1.82) is 5.26 Å². The summed E-state index contributed by atoms with van der Waals surface area (Å²) in [5, 5.41) is 29.8. The first kappa shape index (κ1) is 22.7. The normalized spacial score (nSPS) is 11.2. The van der Waals surface area contributed by atoms with Crippen LogP contribution in [0.3, 0.4) is 0 Å². The molecular formula is C23H16N8O4S. The number of nitrogens with one attached hydrogen (secondary N) is 3. The van der Waals surface area contributed by atoms with E-state index in [1.807, 2.05) is 6.07 Å². The van der Waals surface area contributed by atoms with Crippen molar-refractivity contribution in [3.63, 3.8) is 0 Å². The number of carbonyl (C=O) groups excluding carboxylic acids is 1. The Bertz CT molecular complexity index is 1710. The van der Waals surface area contributed by atoms with Gasteiger partial charge in [0.1, 0.15) is 0 Å². The third-order valence-electron chi connectivity index (χ3n) is 5.14. The fraction of sp³-hybridized carbons (Fsp3) is 0.0435. The molecule has 1 amide bonds. The molecule has 0 bridgehead atoms. The van der Waals surface area contributed by atoms with Crippen LogP contribution < -0.4 is 10.0 Å². The molecule has 0 spiro atoms. The highest BCUT2D eigenvalue weighted by Crippen LogP contribution is 2.28. The van der Waals surface area contributed by atoms with Crippen LogP contribution in [0.25, 0.3) is 22.4 Å². The average Bonchev–Trinajstić information content (AvgIpc) is 3.54. The van der Waals surface area contributed by atoms with E-state index in [0.29, 0.717) is 33.3 Å². The van der Waals surface area contributed by atoms with E-state index in [4.69, 9.17) is 4.52 Å². The van der Waals surface area contributed by atoms with Crippen molar-refractivity contribution < 1.29 is 17.7 Å². The van der Waals surface area contributed by atoms with Gasteiger partial charge >= 0.3 is 0 Å².